The highest BCUT2D eigenvalue weighted by Gasteiger charge is 2.32. The van der Waals surface area contributed by atoms with Gasteiger partial charge >= 0.3 is 0 Å². The lowest BCUT2D eigenvalue weighted by Crippen LogP contribution is -2.53. The van der Waals surface area contributed by atoms with E-state index in [1.54, 1.807) is 0 Å². The molecule has 4 heteroatoms. The zero-order chi connectivity index (χ0) is 12.4. The molecule has 2 atom stereocenters. The van der Waals surface area contributed by atoms with Crippen molar-refractivity contribution in [1.29, 1.82) is 0 Å². The maximum absolute atomic E-state index is 9.91. The van der Waals surface area contributed by atoms with Crippen LogP contribution in [0.1, 0.15) is 0 Å². The summed E-state index contributed by atoms with van der Waals surface area (Å²) in [5.74, 6) is 0. The maximum Gasteiger partial charge on any atom is 0.0831 e. The third-order valence-corrected chi connectivity index (χ3v) is 4.06. The summed E-state index contributed by atoms with van der Waals surface area (Å²) < 4.78 is 0. The largest absolute Gasteiger partial charge is 0.390 e. The van der Waals surface area contributed by atoms with Crippen LogP contribution in [0.15, 0.2) is 30.3 Å². The van der Waals surface area contributed by atoms with Crippen LogP contribution >= 0.6 is 0 Å². The van der Waals surface area contributed by atoms with E-state index in [0.717, 1.165) is 39.3 Å². The Bertz CT molecular complexity index is 376. The molecule has 2 N–H and O–H groups in total. The molecule has 0 aliphatic carbocycles. The van der Waals surface area contributed by atoms with Crippen molar-refractivity contribution in [3.63, 3.8) is 0 Å². The SMILES string of the molecule is OC1CNCC1N1CCN(c2ccccc2)CC1. The highest BCUT2D eigenvalue weighted by atomic mass is 16.3. The van der Waals surface area contributed by atoms with Gasteiger partial charge < -0.3 is 15.3 Å². The molecule has 3 rings (SSSR count). The number of hydrogen-bond acceptors (Lipinski definition) is 4. The van der Waals surface area contributed by atoms with Crippen LogP contribution in [0.3, 0.4) is 0 Å². The molecule has 0 amide bonds. The van der Waals surface area contributed by atoms with Crippen LogP contribution in [0, 0.1) is 0 Å². The van der Waals surface area contributed by atoms with Crippen molar-refractivity contribution in [2.45, 2.75) is 12.1 Å². The van der Waals surface area contributed by atoms with Crippen molar-refractivity contribution < 1.29 is 5.11 Å². The fourth-order valence-electron chi connectivity index (χ4n) is 2.97. The van der Waals surface area contributed by atoms with E-state index >= 15 is 0 Å². The Hall–Kier alpha value is -1.10. The first-order chi connectivity index (χ1) is 8.84. The van der Waals surface area contributed by atoms with E-state index < -0.39 is 0 Å². The van der Waals surface area contributed by atoms with Gasteiger partial charge in [0.2, 0.25) is 0 Å². The summed E-state index contributed by atoms with van der Waals surface area (Å²) in [6.45, 7) is 5.84. The predicted octanol–water partition coefficient (Wildman–Crippen LogP) is 0.141. The number of para-hydroxylation sites is 1. The van der Waals surface area contributed by atoms with Gasteiger partial charge in [0.15, 0.2) is 0 Å². The van der Waals surface area contributed by atoms with E-state index in [4.69, 9.17) is 0 Å². The molecule has 2 aliphatic rings. The van der Waals surface area contributed by atoms with Crippen molar-refractivity contribution in [1.82, 2.24) is 10.2 Å². The number of piperazine rings is 1. The number of β-amino-alcohol motifs (C(OH)–C–C–N with tert-alkyl or cyclic N) is 1. The molecule has 98 valence electrons. The van der Waals surface area contributed by atoms with Gasteiger partial charge in [0.25, 0.3) is 0 Å². The second-order valence-corrected chi connectivity index (χ2v) is 5.15. The van der Waals surface area contributed by atoms with Gasteiger partial charge in [-0.15, -0.1) is 0 Å². The minimum atomic E-state index is -0.201. The van der Waals surface area contributed by atoms with E-state index in [9.17, 15) is 5.11 Å². The summed E-state index contributed by atoms with van der Waals surface area (Å²) in [5, 5.41) is 13.2. The second kappa shape index (κ2) is 5.26. The summed E-state index contributed by atoms with van der Waals surface area (Å²) in [4.78, 5) is 4.84. The van der Waals surface area contributed by atoms with Crippen LogP contribution < -0.4 is 10.2 Å². The molecule has 0 saturated carbocycles. The second-order valence-electron chi connectivity index (χ2n) is 5.15. The Balaban J connectivity index is 1.58. The molecule has 0 spiro atoms. The van der Waals surface area contributed by atoms with Gasteiger partial charge in [0, 0.05) is 51.0 Å². The van der Waals surface area contributed by atoms with Gasteiger partial charge in [-0.05, 0) is 12.1 Å². The molecular weight excluding hydrogens is 226 g/mol. The third-order valence-electron chi connectivity index (χ3n) is 4.06. The number of rotatable bonds is 2. The van der Waals surface area contributed by atoms with Gasteiger partial charge in [-0.3, -0.25) is 4.90 Å². The normalized spacial score (nSPS) is 29.7. The Labute approximate surface area is 108 Å². The van der Waals surface area contributed by atoms with Gasteiger partial charge in [0.1, 0.15) is 0 Å². The molecule has 4 nitrogen and oxygen atoms in total. The molecule has 1 aromatic carbocycles. The fourth-order valence-corrected chi connectivity index (χ4v) is 2.97. The lowest BCUT2D eigenvalue weighted by atomic mass is 10.1. The monoisotopic (exact) mass is 247 g/mol. The first-order valence-electron chi connectivity index (χ1n) is 6.77. The standard InChI is InChI=1S/C14H21N3O/c18-14-11-15-10-13(14)17-8-6-16(7-9-17)12-4-2-1-3-5-12/h1-5,13-15,18H,6-11H2. The number of hydrogen-bond donors (Lipinski definition) is 2. The zero-order valence-electron chi connectivity index (χ0n) is 10.6. The van der Waals surface area contributed by atoms with E-state index in [1.807, 2.05) is 0 Å². The number of aliphatic hydroxyl groups excluding tert-OH is 1. The van der Waals surface area contributed by atoms with Crippen molar-refractivity contribution in [2.75, 3.05) is 44.2 Å². The quantitative estimate of drug-likeness (QED) is 0.780. The fraction of sp³-hybridized carbons (Fsp3) is 0.571. The van der Waals surface area contributed by atoms with Crippen molar-refractivity contribution >= 4 is 5.69 Å². The average Bonchev–Trinajstić information content (AvgIpc) is 2.86. The summed E-state index contributed by atoms with van der Waals surface area (Å²) in [6, 6.07) is 10.9. The lowest BCUT2D eigenvalue weighted by molar-refractivity contribution is 0.0792. The number of benzene rings is 1. The Morgan fingerprint density at radius 3 is 2.33 bits per heavy atom. The molecule has 0 radical (unpaired) electrons. The zero-order valence-corrected chi connectivity index (χ0v) is 10.6. The molecule has 0 bridgehead atoms. The van der Waals surface area contributed by atoms with Crippen LogP contribution in [0.5, 0.6) is 0 Å². The average molecular weight is 247 g/mol. The highest BCUT2D eigenvalue weighted by molar-refractivity contribution is 5.46. The Morgan fingerprint density at radius 1 is 1.00 bits per heavy atom. The topological polar surface area (TPSA) is 38.7 Å². The van der Waals surface area contributed by atoms with E-state index in [0.29, 0.717) is 6.04 Å². The van der Waals surface area contributed by atoms with Gasteiger partial charge in [-0.1, -0.05) is 18.2 Å². The van der Waals surface area contributed by atoms with E-state index in [-0.39, 0.29) is 6.10 Å². The van der Waals surface area contributed by atoms with Gasteiger partial charge in [-0.25, -0.2) is 0 Å². The molecule has 2 fully saturated rings. The molecule has 2 heterocycles. The molecule has 2 unspecified atom stereocenters. The Kier molecular flexibility index (Phi) is 3.50. The van der Waals surface area contributed by atoms with Crippen LogP contribution in [-0.2, 0) is 0 Å². The number of aliphatic hydroxyl groups is 1. The maximum atomic E-state index is 9.91. The highest BCUT2D eigenvalue weighted by Crippen LogP contribution is 2.18. The number of nitrogens with zero attached hydrogens (tertiary/aromatic N) is 2. The van der Waals surface area contributed by atoms with Crippen molar-refractivity contribution in [2.24, 2.45) is 0 Å². The smallest absolute Gasteiger partial charge is 0.0831 e. The third kappa shape index (κ3) is 2.36. The molecule has 1 aromatic rings. The summed E-state index contributed by atoms with van der Waals surface area (Å²) >= 11 is 0. The molecule has 0 aromatic heterocycles. The van der Waals surface area contributed by atoms with Crippen molar-refractivity contribution in [3.05, 3.63) is 30.3 Å². The van der Waals surface area contributed by atoms with Crippen LogP contribution in [0.25, 0.3) is 0 Å². The van der Waals surface area contributed by atoms with Gasteiger partial charge in [-0.2, -0.15) is 0 Å². The first-order valence-corrected chi connectivity index (χ1v) is 6.77. The minimum absolute atomic E-state index is 0.201. The van der Waals surface area contributed by atoms with E-state index in [1.165, 1.54) is 5.69 Å². The van der Waals surface area contributed by atoms with Crippen LogP contribution in [-0.4, -0.2) is 61.4 Å². The summed E-state index contributed by atoms with van der Waals surface area (Å²) in [6.07, 6.45) is -0.201. The summed E-state index contributed by atoms with van der Waals surface area (Å²) in [5.41, 5.74) is 1.31. The molecule has 2 aliphatic heterocycles. The van der Waals surface area contributed by atoms with E-state index in [2.05, 4.69) is 45.4 Å². The van der Waals surface area contributed by atoms with Gasteiger partial charge in [0.05, 0.1) is 6.10 Å². The lowest BCUT2D eigenvalue weighted by Gasteiger charge is -2.39. The Morgan fingerprint density at radius 2 is 1.72 bits per heavy atom. The molecule has 2 saturated heterocycles. The summed E-state index contributed by atoms with van der Waals surface area (Å²) in [7, 11) is 0. The minimum Gasteiger partial charge on any atom is -0.390 e. The number of nitrogens with one attached hydrogen (secondary N) is 1. The van der Waals surface area contributed by atoms with Crippen LogP contribution in [0.4, 0.5) is 5.69 Å². The predicted molar refractivity (Wildman–Crippen MR) is 72.9 cm³/mol. The van der Waals surface area contributed by atoms with Crippen LogP contribution in [0.2, 0.25) is 0 Å². The molecule has 18 heavy (non-hydrogen) atoms. The first kappa shape index (κ1) is 12.0. The van der Waals surface area contributed by atoms with Crippen molar-refractivity contribution in [3.8, 4) is 0 Å². The number of anilines is 1. The molecular formula is C14H21N3O.